The number of methoxy groups -OCH3 is 1. The minimum Gasteiger partial charge on any atom is -0.383 e. The summed E-state index contributed by atoms with van der Waals surface area (Å²) in [5.41, 5.74) is 3.19. The number of aromatic nitrogens is 1. The van der Waals surface area contributed by atoms with Gasteiger partial charge in [0.15, 0.2) is 5.78 Å². The van der Waals surface area contributed by atoms with Crippen LogP contribution in [0, 0.1) is 13.8 Å². The second-order valence-corrected chi connectivity index (χ2v) is 4.98. The van der Waals surface area contributed by atoms with Crippen molar-refractivity contribution in [2.75, 3.05) is 26.8 Å². The Morgan fingerprint density at radius 3 is 2.83 bits per heavy atom. The van der Waals surface area contributed by atoms with E-state index in [1.807, 2.05) is 13.0 Å². The van der Waals surface area contributed by atoms with E-state index in [0.29, 0.717) is 25.7 Å². The van der Waals surface area contributed by atoms with Gasteiger partial charge in [-0.25, -0.2) is 0 Å². The van der Waals surface area contributed by atoms with Crippen molar-refractivity contribution >= 4 is 5.78 Å². The smallest absolute Gasteiger partial charge is 0.178 e. The maximum absolute atomic E-state index is 12.1. The Balaban J connectivity index is 1.99. The average molecular weight is 250 g/mol. The molecule has 0 aliphatic heterocycles. The number of rotatable bonds is 7. The summed E-state index contributed by atoms with van der Waals surface area (Å²) in [5, 5.41) is 3.10. The molecule has 0 bridgehead atoms. The van der Waals surface area contributed by atoms with Gasteiger partial charge in [-0.15, -0.1) is 0 Å². The molecule has 0 saturated heterocycles. The summed E-state index contributed by atoms with van der Waals surface area (Å²) in [5.74, 6) is 0.172. The van der Waals surface area contributed by atoms with Gasteiger partial charge >= 0.3 is 0 Å². The molecule has 1 aromatic heterocycles. The fourth-order valence-corrected chi connectivity index (χ4v) is 2.43. The zero-order valence-electron chi connectivity index (χ0n) is 11.5. The van der Waals surface area contributed by atoms with Gasteiger partial charge in [0, 0.05) is 36.6 Å². The first-order chi connectivity index (χ1) is 8.65. The van der Waals surface area contributed by atoms with E-state index in [1.54, 1.807) is 7.11 Å². The molecular formula is C14H22N2O2. The molecule has 0 amide bonds. The van der Waals surface area contributed by atoms with Gasteiger partial charge in [0.05, 0.1) is 13.2 Å². The molecule has 0 unspecified atom stereocenters. The zero-order chi connectivity index (χ0) is 13.1. The van der Waals surface area contributed by atoms with E-state index in [1.165, 1.54) is 18.5 Å². The molecule has 1 N–H and O–H groups in total. The van der Waals surface area contributed by atoms with Crippen molar-refractivity contribution < 1.29 is 9.53 Å². The summed E-state index contributed by atoms with van der Waals surface area (Å²) < 4.78 is 7.25. The molecule has 4 heteroatoms. The Hall–Kier alpha value is -1.13. The first-order valence-electron chi connectivity index (χ1n) is 6.56. The number of carbonyl (C=O) groups is 1. The van der Waals surface area contributed by atoms with Crippen LogP contribution in [0.2, 0.25) is 0 Å². The summed E-state index contributed by atoms with van der Waals surface area (Å²) in [7, 11) is 1.66. The Kier molecular flexibility index (Phi) is 4.19. The number of nitrogens with zero attached hydrogens (tertiary/aromatic N) is 1. The first-order valence-corrected chi connectivity index (χ1v) is 6.56. The summed E-state index contributed by atoms with van der Waals surface area (Å²) in [6.45, 7) is 5.87. The minimum absolute atomic E-state index is 0.172. The highest BCUT2D eigenvalue weighted by atomic mass is 16.5. The molecule has 1 aliphatic rings. The van der Waals surface area contributed by atoms with Crippen molar-refractivity contribution in [1.82, 2.24) is 9.88 Å². The molecule has 1 fully saturated rings. The first kappa shape index (κ1) is 13.3. The van der Waals surface area contributed by atoms with Gasteiger partial charge in [-0.1, -0.05) is 0 Å². The van der Waals surface area contributed by atoms with Crippen molar-refractivity contribution in [3.63, 3.8) is 0 Å². The van der Waals surface area contributed by atoms with Crippen molar-refractivity contribution in [3.8, 4) is 0 Å². The van der Waals surface area contributed by atoms with Gasteiger partial charge in [0.2, 0.25) is 0 Å². The Labute approximate surface area is 108 Å². The summed E-state index contributed by atoms with van der Waals surface area (Å²) in [6.07, 6.45) is 2.49. The van der Waals surface area contributed by atoms with E-state index in [-0.39, 0.29) is 5.78 Å². The van der Waals surface area contributed by atoms with Gasteiger partial charge < -0.3 is 14.6 Å². The number of nitrogens with one attached hydrogen (secondary N) is 1. The number of ketones is 1. The van der Waals surface area contributed by atoms with E-state index < -0.39 is 0 Å². The van der Waals surface area contributed by atoms with Crippen LogP contribution >= 0.6 is 0 Å². The predicted molar refractivity (Wildman–Crippen MR) is 71.3 cm³/mol. The lowest BCUT2D eigenvalue weighted by Gasteiger charge is -2.07. The topological polar surface area (TPSA) is 43.3 Å². The SMILES string of the molecule is COCCNCC(=O)c1cc(C)n(C2CC2)c1C. The molecule has 2 rings (SSSR count). The van der Waals surface area contributed by atoms with Crippen molar-refractivity contribution in [2.45, 2.75) is 32.7 Å². The summed E-state index contributed by atoms with van der Waals surface area (Å²) in [6, 6.07) is 2.65. The fraction of sp³-hybridized carbons (Fsp3) is 0.643. The largest absolute Gasteiger partial charge is 0.383 e. The second kappa shape index (κ2) is 5.67. The number of carbonyl (C=O) groups excluding carboxylic acids is 1. The van der Waals surface area contributed by atoms with Crippen LogP contribution in [0.25, 0.3) is 0 Å². The zero-order valence-corrected chi connectivity index (χ0v) is 11.5. The van der Waals surface area contributed by atoms with Crippen molar-refractivity contribution in [1.29, 1.82) is 0 Å². The standard InChI is InChI=1S/C14H22N2O2/c1-10-8-13(11(2)16(10)12-4-5-12)14(17)9-15-6-7-18-3/h8,12,15H,4-7,9H2,1-3H3. The number of hydrogen-bond acceptors (Lipinski definition) is 3. The van der Waals surface area contributed by atoms with E-state index >= 15 is 0 Å². The quantitative estimate of drug-likeness (QED) is 0.593. The van der Waals surface area contributed by atoms with E-state index in [4.69, 9.17) is 4.74 Å². The lowest BCUT2D eigenvalue weighted by Crippen LogP contribution is -2.26. The third-order valence-corrected chi connectivity index (χ3v) is 3.47. The van der Waals surface area contributed by atoms with Crippen LogP contribution < -0.4 is 5.32 Å². The molecule has 1 heterocycles. The molecule has 18 heavy (non-hydrogen) atoms. The monoisotopic (exact) mass is 250 g/mol. The van der Waals surface area contributed by atoms with Gasteiger partial charge in [-0.3, -0.25) is 4.79 Å². The van der Waals surface area contributed by atoms with E-state index in [0.717, 1.165) is 11.3 Å². The lowest BCUT2D eigenvalue weighted by molar-refractivity contribution is 0.0987. The third kappa shape index (κ3) is 2.82. The van der Waals surface area contributed by atoms with Crippen LogP contribution in [0.3, 0.4) is 0 Å². The highest BCUT2D eigenvalue weighted by Crippen LogP contribution is 2.38. The van der Waals surface area contributed by atoms with Crippen LogP contribution in [0.5, 0.6) is 0 Å². The number of ether oxygens (including phenoxy) is 1. The molecule has 0 spiro atoms. The Morgan fingerprint density at radius 2 is 2.22 bits per heavy atom. The van der Waals surface area contributed by atoms with Crippen LogP contribution in [-0.4, -0.2) is 37.2 Å². The highest BCUT2D eigenvalue weighted by molar-refractivity contribution is 5.99. The Bertz CT molecular complexity index is 433. The summed E-state index contributed by atoms with van der Waals surface area (Å²) >= 11 is 0. The van der Waals surface area contributed by atoms with Gasteiger partial charge in [0.1, 0.15) is 0 Å². The molecule has 4 nitrogen and oxygen atoms in total. The van der Waals surface area contributed by atoms with Crippen LogP contribution in [0.15, 0.2) is 6.07 Å². The number of hydrogen-bond donors (Lipinski definition) is 1. The van der Waals surface area contributed by atoms with Gasteiger partial charge in [0.25, 0.3) is 0 Å². The van der Waals surface area contributed by atoms with Gasteiger partial charge in [-0.05, 0) is 32.8 Å². The lowest BCUT2D eigenvalue weighted by atomic mass is 10.1. The van der Waals surface area contributed by atoms with Crippen LogP contribution in [-0.2, 0) is 4.74 Å². The maximum atomic E-state index is 12.1. The van der Waals surface area contributed by atoms with Crippen LogP contribution in [0.4, 0.5) is 0 Å². The number of aryl methyl sites for hydroxylation is 1. The van der Waals surface area contributed by atoms with Crippen LogP contribution in [0.1, 0.15) is 40.6 Å². The Morgan fingerprint density at radius 1 is 1.50 bits per heavy atom. The minimum atomic E-state index is 0.172. The highest BCUT2D eigenvalue weighted by Gasteiger charge is 2.28. The van der Waals surface area contributed by atoms with E-state index in [2.05, 4.69) is 16.8 Å². The average Bonchev–Trinajstić information content (AvgIpc) is 3.11. The third-order valence-electron chi connectivity index (χ3n) is 3.47. The van der Waals surface area contributed by atoms with Gasteiger partial charge in [-0.2, -0.15) is 0 Å². The molecule has 0 radical (unpaired) electrons. The number of Topliss-reactive ketones (excluding diaryl/α,β-unsaturated/α-hetero) is 1. The fourth-order valence-electron chi connectivity index (χ4n) is 2.43. The predicted octanol–water partition coefficient (Wildman–Crippen LogP) is 1.86. The molecule has 1 aromatic rings. The molecular weight excluding hydrogens is 228 g/mol. The summed E-state index contributed by atoms with van der Waals surface area (Å²) in [4.78, 5) is 12.1. The maximum Gasteiger partial charge on any atom is 0.178 e. The molecule has 0 atom stereocenters. The molecule has 100 valence electrons. The second-order valence-electron chi connectivity index (χ2n) is 4.98. The molecule has 1 aliphatic carbocycles. The molecule has 0 aromatic carbocycles. The normalized spacial score (nSPS) is 15.1. The van der Waals surface area contributed by atoms with Crippen molar-refractivity contribution in [2.24, 2.45) is 0 Å². The van der Waals surface area contributed by atoms with E-state index in [9.17, 15) is 4.79 Å². The molecule has 1 saturated carbocycles. The van der Waals surface area contributed by atoms with Crippen molar-refractivity contribution in [3.05, 3.63) is 23.0 Å².